The number of nitrogens with zero attached hydrogens (tertiary/aromatic N) is 6. The van der Waals surface area contributed by atoms with Gasteiger partial charge in [-0.3, -0.25) is 14.8 Å². The molecule has 0 radical (unpaired) electrons. The summed E-state index contributed by atoms with van der Waals surface area (Å²) in [6, 6.07) is 11.7. The van der Waals surface area contributed by atoms with E-state index in [-0.39, 0.29) is 5.69 Å². The third-order valence-electron chi connectivity index (χ3n) is 5.14. The first-order chi connectivity index (χ1) is 14.4. The summed E-state index contributed by atoms with van der Waals surface area (Å²) in [7, 11) is 1.85. The molecular weight excluding hydrogens is 387 g/mol. The lowest BCUT2D eigenvalue weighted by Crippen LogP contribution is -2.00. The molecule has 0 fully saturated rings. The maximum absolute atomic E-state index is 13.4. The molecule has 0 aliphatic rings. The Hall–Kier alpha value is -4.14. The normalized spacial score (nSPS) is 11.4. The highest BCUT2D eigenvalue weighted by Gasteiger charge is 2.23. The van der Waals surface area contributed by atoms with Crippen molar-refractivity contribution in [1.29, 1.82) is 0 Å². The number of halogens is 1. The maximum Gasteiger partial charge on any atom is 0.274 e. The molecule has 3 aromatic heterocycles. The lowest BCUT2D eigenvalue weighted by molar-refractivity contribution is -0.385. The molecule has 0 saturated heterocycles. The number of hydrogen-bond acceptors (Lipinski definition) is 5. The van der Waals surface area contributed by atoms with Crippen molar-refractivity contribution in [2.24, 2.45) is 7.05 Å². The van der Waals surface area contributed by atoms with Gasteiger partial charge in [0.1, 0.15) is 5.69 Å². The average Bonchev–Trinajstić information content (AvgIpc) is 3.29. The predicted octanol–water partition coefficient (Wildman–Crippen LogP) is 4.33. The van der Waals surface area contributed by atoms with Gasteiger partial charge in [0, 0.05) is 35.6 Å². The van der Waals surface area contributed by atoms with E-state index in [9.17, 15) is 14.5 Å². The molecule has 0 atom stereocenters. The molecule has 0 aliphatic carbocycles. The van der Waals surface area contributed by atoms with Crippen molar-refractivity contribution >= 4 is 27.5 Å². The molecule has 3 heterocycles. The molecule has 0 aliphatic heterocycles. The third kappa shape index (κ3) is 2.63. The largest absolute Gasteiger partial charge is 0.275 e. The zero-order chi connectivity index (χ0) is 21.0. The molecule has 0 unspecified atom stereocenters. The highest BCUT2D eigenvalue weighted by molar-refractivity contribution is 6.04. The predicted molar refractivity (Wildman–Crippen MR) is 110 cm³/mol. The maximum atomic E-state index is 13.4. The quantitative estimate of drug-likeness (QED) is 0.254. The van der Waals surface area contributed by atoms with Gasteiger partial charge in [0.15, 0.2) is 0 Å². The minimum atomic E-state index is -0.613. The molecule has 5 rings (SSSR count). The summed E-state index contributed by atoms with van der Waals surface area (Å²) in [5, 5.41) is 22.4. The molecule has 0 bridgehead atoms. The number of benzene rings is 2. The van der Waals surface area contributed by atoms with E-state index in [0.717, 1.165) is 21.9 Å². The zero-order valence-corrected chi connectivity index (χ0v) is 16.1. The fourth-order valence-electron chi connectivity index (χ4n) is 3.80. The summed E-state index contributed by atoms with van der Waals surface area (Å²) in [6.07, 6.45) is 3.27. The molecule has 2 aromatic carbocycles. The van der Waals surface area contributed by atoms with Crippen LogP contribution in [-0.4, -0.2) is 29.5 Å². The Morgan fingerprint density at radius 1 is 1.07 bits per heavy atom. The molecule has 30 heavy (non-hydrogen) atoms. The van der Waals surface area contributed by atoms with E-state index in [2.05, 4.69) is 10.1 Å². The second-order valence-electron chi connectivity index (χ2n) is 7.00. The number of rotatable bonds is 3. The lowest BCUT2D eigenvalue weighted by Gasteiger charge is -2.05. The number of hydrogen-bond donors (Lipinski definition) is 0. The van der Waals surface area contributed by atoms with Crippen molar-refractivity contribution in [3.63, 3.8) is 0 Å². The van der Waals surface area contributed by atoms with Crippen molar-refractivity contribution < 1.29 is 9.31 Å². The molecule has 0 N–H and O–H groups in total. The van der Waals surface area contributed by atoms with E-state index >= 15 is 0 Å². The van der Waals surface area contributed by atoms with Gasteiger partial charge in [0.05, 0.1) is 33.4 Å². The minimum absolute atomic E-state index is 0.00939. The van der Waals surface area contributed by atoms with Crippen molar-refractivity contribution in [2.45, 2.75) is 6.92 Å². The van der Waals surface area contributed by atoms with Gasteiger partial charge < -0.3 is 0 Å². The zero-order valence-electron chi connectivity index (χ0n) is 16.1. The SMILES string of the molecule is Cc1c([N+](=O)[O-])ccc2c(-c3cccc4nn(C)cc34)nn(-c3ccc(F)nc3)c12. The summed E-state index contributed by atoms with van der Waals surface area (Å²) < 4.78 is 16.7. The van der Waals surface area contributed by atoms with Crippen LogP contribution < -0.4 is 0 Å². The fraction of sp³-hybridized carbons (Fsp3) is 0.0952. The summed E-state index contributed by atoms with van der Waals surface area (Å²) in [6.45, 7) is 1.68. The summed E-state index contributed by atoms with van der Waals surface area (Å²) in [5.41, 5.74) is 3.88. The summed E-state index contributed by atoms with van der Waals surface area (Å²) in [5.74, 6) is -0.613. The van der Waals surface area contributed by atoms with Crippen LogP contribution in [0.1, 0.15) is 5.56 Å². The van der Waals surface area contributed by atoms with Crippen LogP contribution in [0, 0.1) is 23.0 Å². The van der Waals surface area contributed by atoms with Gasteiger partial charge in [0.25, 0.3) is 5.69 Å². The molecular formula is C21H15FN6O2. The van der Waals surface area contributed by atoms with Crippen LogP contribution in [0.3, 0.4) is 0 Å². The van der Waals surface area contributed by atoms with Crippen LogP contribution in [0.2, 0.25) is 0 Å². The van der Waals surface area contributed by atoms with E-state index in [1.165, 1.54) is 18.3 Å². The first kappa shape index (κ1) is 17.9. The van der Waals surface area contributed by atoms with Crippen LogP contribution in [0.25, 0.3) is 38.8 Å². The van der Waals surface area contributed by atoms with Crippen molar-refractivity contribution in [3.8, 4) is 16.9 Å². The van der Waals surface area contributed by atoms with E-state index in [4.69, 9.17) is 5.10 Å². The minimum Gasteiger partial charge on any atom is -0.275 e. The Labute approximate surface area is 169 Å². The Bertz CT molecular complexity index is 1450. The Balaban J connectivity index is 1.89. The fourth-order valence-corrected chi connectivity index (χ4v) is 3.80. The van der Waals surface area contributed by atoms with Crippen LogP contribution >= 0.6 is 0 Å². The van der Waals surface area contributed by atoms with Crippen LogP contribution in [-0.2, 0) is 7.05 Å². The second kappa shape index (κ2) is 6.45. The Kier molecular flexibility index (Phi) is 3.85. The molecule has 9 heteroatoms. The molecule has 0 spiro atoms. The van der Waals surface area contributed by atoms with Gasteiger partial charge in [-0.05, 0) is 31.2 Å². The third-order valence-corrected chi connectivity index (χ3v) is 5.14. The number of fused-ring (bicyclic) bond motifs is 2. The van der Waals surface area contributed by atoms with E-state index < -0.39 is 10.9 Å². The Morgan fingerprint density at radius 2 is 1.90 bits per heavy atom. The number of nitro groups is 1. The van der Waals surface area contributed by atoms with Crippen molar-refractivity contribution in [2.75, 3.05) is 0 Å². The monoisotopic (exact) mass is 402 g/mol. The van der Waals surface area contributed by atoms with E-state index in [1.54, 1.807) is 28.4 Å². The van der Waals surface area contributed by atoms with Gasteiger partial charge in [-0.15, -0.1) is 0 Å². The second-order valence-corrected chi connectivity index (χ2v) is 7.00. The highest BCUT2D eigenvalue weighted by Crippen LogP contribution is 2.37. The molecule has 0 amide bonds. The molecule has 148 valence electrons. The standard InChI is InChI=1S/C21H15FN6O2/c1-12-18(28(29)30)8-7-15-20(14-4-3-5-17-16(14)11-26(2)24-17)25-27(21(12)15)13-6-9-19(22)23-10-13/h3-11H,1-2H3. The van der Waals surface area contributed by atoms with Crippen LogP contribution in [0.4, 0.5) is 10.1 Å². The number of aryl methyl sites for hydroxylation is 2. The first-order valence-corrected chi connectivity index (χ1v) is 9.15. The van der Waals surface area contributed by atoms with E-state index in [1.807, 2.05) is 31.4 Å². The summed E-state index contributed by atoms with van der Waals surface area (Å²) in [4.78, 5) is 14.8. The Morgan fingerprint density at radius 3 is 2.63 bits per heavy atom. The van der Waals surface area contributed by atoms with Crippen LogP contribution in [0.15, 0.2) is 54.9 Å². The van der Waals surface area contributed by atoms with Crippen LogP contribution in [0.5, 0.6) is 0 Å². The molecule has 0 saturated carbocycles. The topological polar surface area (TPSA) is 91.7 Å². The first-order valence-electron chi connectivity index (χ1n) is 9.15. The van der Waals surface area contributed by atoms with E-state index in [0.29, 0.717) is 22.5 Å². The number of nitro benzene ring substituents is 1. The smallest absolute Gasteiger partial charge is 0.274 e. The molecule has 5 aromatic rings. The average molecular weight is 402 g/mol. The van der Waals surface area contributed by atoms with Gasteiger partial charge in [-0.25, -0.2) is 9.67 Å². The van der Waals surface area contributed by atoms with Gasteiger partial charge in [-0.2, -0.15) is 14.6 Å². The van der Waals surface area contributed by atoms with Crippen molar-refractivity contribution in [3.05, 3.63) is 76.5 Å². The summed E-state index contributed by atoms with van der Waals surface area (Å²) >= 11 is 0. The lowest BCUT2D eigenvalue weighted by atomic mass is 10.0. The van der Waals surface area contributed by atoms with Gasteiger partial charge >= 0.3 is 0 Å². The van der Waals surface area contributed by atoms with Crippen molar-refractivity contribution in [1.82, 2.24) is 24.5 Å². The van der Waals surface area contributed by atoms with Gasteiger partial charge in [-0.1, -0.05) is 12.1 Å². The van der Waals surface area contributed by atoms with Gasteiger partial charge in [0.2, 0.25) is 5.95 Å². The molecule has 8 nitrogen and oxygen atoms in total. The number of aromatic nitrogens is 5. The highest BCUT2D eigenvalue weighted by atomic mass is 19.1. The number of pyridine rings is 1.